The van der Waals surface area contributed by atoms with Crippen molar-refractivity contribution in [3.8, 4) is 0 Å². The molecule has 3 N–H and O–H groups in total. The van der Waals surface area contributed by atoms with Gasteiger partial charge in [0.1, 0.15) is 0 Å². The molecular formula is C19H23N3O. The van der Waals surface area contributed by atoms with Gasteiger partial charge < -0.3 is 16.0 Å². The molecule has 23 heavy (non-hydrogen) atoms. The van der Waals surface area contributed by atoms with Crippen LogP contribution in [0.5, 0.6) is 0 Å². The van der Waals surface area contributed by atoms with Gasteiger partial charge in [0.25, 0.3) is 0 Å². The minimum atomic E-state index is -0.00805. The Morgan fingerprint density at radius 1 is 1.17 bits per heavy atom. The summed E-state index contributed by atoms with van der Waals surface area (Å²) < 4.78 is 0. The normalized spacial score (nSPS) is 16.8. The first kappa shape index (κ1) is 15.6. The van der Waals surface area contributed by atoms with Crippen molar-refractivity contribution in [3.05, 3.63) is 59.2 Å². The van der Waals surface area contributed by atoms with Crippen molar-refractivity contribution in [1.82, 2.24) is 0 Å². The Hall–Kier alpha value is -2.33. The van der Waals surface area contributed by atoms with Crippen molar-refractivity contribution in [1.29, 1.82) is 0 Å². The van der Waals surface area contributed by atoms with E-state index in [1.165, 1.54) is 5.56 Å². The SMILES string of the molecule is Cc1cccc(C)c1NC(=O)CN1CC(N)Cc2ccccc21. The summed E-state index contributed by atoms with van der Waals surface area (Å²) in [5.41, 5.74) is 11.5. The Balaban J connectivity index is 1.76. The maximum absolute atomic E-state index is 12.5. The van der Waals surface area contributed by atoms with E-state index in [9.17, 15) is 4.79 Å². The molecular weight excluding hydrogens is 286 g/mol. The van der Waals surface area contributed by atoms with Gasteiger partial charge in [0.05, 0.1) is 6.54 Å². The predicted molar refractivity (Wildman–Crippen MR) is 94.9 cm³/mol. The molecule has 120 valence electrons. The molecule has 1 atom stereocenters. The van der Waals surface area contributed by atoms with Gasteiger partial charge in [-0.25, -0.2) is 0 Å². The molecule has 0 bridgehead atoms. The average molecular weight is 309 g/mol. The zero-order chi connectivity index (χ0) is 16.4. The van der Waals surface area contributed by atoms with E-state index in [2.05, 4.69) is 22.3 Å². The van der Waals surface area contributed by atoms with Crippen LogP contribution in [0.25, 0.3) is 0 Å². The fraction of sp³-hybridized carbons (Fsp3) is 0.316. The summed E-state index contributed by atoms with van der Waals surface area (Å²) in [7, 11) is 0. The second kappa shape index (κ2) is 6.42. The molecule has 3 rings (SSSR count). The Bertz CT molecular complexity index is 706. The predicted octanol–water partition coefficient (Wildman–Crippen LogP) is 2.63. The molecule has 2 aromatic carbocycles. The molecule has 1 aliphatic rings. The van der Waals surface area contributed by atoms with Gasteiger partial charge in [-0.2, -0.15) is 0 Å². The van der Waals surface area contributed by atoms with Crippen LogP contribution in [-0.2, 0) is 11.2 Å². The number of nitrogens with one attached hydrogen (secondary N) is 1. The molecule has 1 amide bonds. The zero-order valence-electron chi connectivity index (χ0n) is 13.7. The van der Waals surface area contributed by atoms with E-state index >= 15 is 0 Å². The smallest absolute Gasteiger partial charge is 0.243 e. The van der Waals surface area contributed by atoms with Crippen molar-refractivity contribution >= 4 is 17.3 Å². The number of para-hydroxylation sites is 2. The lowest BCUT2D eigenvalue weighted by Gasteiger charge is -2.34. The van der Waals surface area contributed by atoms with Crippen molar-refractivity contribution in [3.63, 3.8) is 0 Å². The third-order valence-corrected chi connectivity index (χ3v) is 4.35. The van der Waals surface area contributed by atoms with Crippen LogP contribution < -0.4 is 16.0 Å². The van der Waals surface area contributed by atoms with Gasteiger partial charge >= 0.3 is 0 Å². The molecule has 4 nitrogen and oxygen atoms in total. The number of carbonyl (C=O) groups excluding carboxylic acids is 1. The number of hydrogen-bond acceptors (Lipinski definition) is 3. The topological polar surface area (TPSA) is 58.4 Å². The first-order valence-corrected chi connectivity index (χ1v) is 7.99. The number of aryl methyl sites for hydroxylation is 2. The fourth-order valence-corrected chi connectivity index (χ4v) is 3.23. The number of rotatable bonds is 3. The van der Waals surface area contributed by atoms with Gasteiger partial charge in [-0.05, 0) is 43.0 Å². The molecule has 1 aliphatic heterocycles. The summed E-state index contributed by atoms with van der Waals surface area (Å²) in [6.07, 6.45) is 0.866. The zero-order valence-corrected chi connectivity index (χ0v) is 13.7. The maximum Gasteiger partial charge on any atom is 0.243 e. The van der Waals surface area contributed by atoms with Gasteiger partial charge in [-0.3, -0.25) is 4.79 Å². The van der Waals surface area contributed by atoms with Crippen LogP contribution in [0.15, 0.2) is 42.5 Å². The van der Waals surface area contributed by atoms with E-state index in [4.69, 9.17) is 5.73 Å². The summed E-state index contributed by atoms with van der Waals surface area (Å²) in [4.78, 5) is 14.6. The first-order valence-electron chi connectivity index (χ1n) is 7.99. The number of anilines is 2. The maximum atomic E-state index is 12.5. The average Bonchev–Trinajstić information content (AvgIpc) is 2.51. The van der Waals surface area contributed by atoms with Crippen molar-refractivity contribution in [2.75, 3.05) is 23.3 Å². The van der Waals surface area contributed by atoms with Crippen LogP contribution in [-0.4, -0.2) is 25.0 Å². The monoisotopic (exact) mass is 309 g/mol. The molecule has 1 unspecified atom stereocenters. The Morgan fingerprint density at radius 3 is 2.61 bits per heavy atom. The largest absolute Gasteiger partial charge is 0.360 e. The quantitative estimate of drug-likeness (QED) is 0.916. The van der Waals surface area contributed by atoms with E-state index in [1.807, 2.05) is 44.2 Å². The second-order valence-corrected chi connectivity index (χ2v) is 6.29. The third kappa shape index (κ3) is 3.37. The second-order valence-electron chi connectivity index (χ2n) is 6.29. The van der Waals surface area contributed by atoms with E-state index in [0.717, 1.165) is 28.9 Å². The van der Waals surface area contributed by atoms with Crippen molar-refractivity contribution < 1.29 is 4.79 Å². The number of benzene rings is 2. The minimum Gasteiger partial charge on any atom is -0.360 e. The molecule has 0 saturated heterocycles. The highest BCUT2D eigenvalue weighted by molar-refractivity contribution is 5.95. The number of amides is 1. The third-order valence-electron chi connectivity index (χ3n) is 4.35. The van der Waals surface area contributed by atoms with E-state index in [-0.39, 0.29) is 11.9 Å². The highest BCUT2D eigenvalue weighted by Gasteiger charge is 2.23. The molecule has 0 aliphatic carbocycles. The van der Waals surface area contributed by atoms with Gasteiger partial charge in [-0.15, -0.1) is 0 Å². The lowest BCUT2D eigenvalue weighted by atomic mass is 9.98. The highest BCUT2D eigenvalue weighted by Crippen LogP contribution is 2.26. The van der Waals surface area contributed by atoms with E-state index in [0.29, 0.717) is 13.1 Å². The lowest BCUT2D eigenvalue weighted by Crippen LogP contribution is -2.46. The van der Waals surface area contributed by atoms with Gasteiger partial charge in [0.2, 0.25) is 5.91 Å². The Kier molecular flexibility index (Phi) is 4.35. The fourth-order valence-electron chi connectivity index (χ4n) is 3.23. The van der Waals surface area contributed by atoms with Crippen LogP contribution >= 0.6 is 0 Å². The van der Waals surface area contributed by atoms with Gasteiger partial charge in [-0.1, -0.05) is 36.4 Å². The van der Waals surface area contributed by atoms with Crippen LogP contribution in [0.1, 0.15) is 16.7 Å². The number of nitrogens with zero attached hydrogens (tertiary/aromatic N) is 1. The summed E-state index contributed by atoms with van der Waals surface area (Å²) in [5.74, 6) is -0.00805. The van der Waals surface area contributed by atoms with Crippen LogP contribution in [0.4, 0.5) is 11.4 Å². The van der Waals surface area contributed by atoms with E-state index in [1.54, 1.807) is 0 Å². The molecule has 0 spiro atoms. The number of fused-ring (bicyclic) bond motifs is 1. The molecule has 0 aromatic heterocycles. The molecule has 0 saturated carbocycles. The van der Waals surface area contributed by atoms with Crippen molar-refractivity contribution in [2.24, 2.45) is 5.73 Å². The van der Waals surface area contributed by atoms with Crippen molar-refractivity contribution in [2.45, 2.75) is 26.3 Å². The Labute approximate surface area is 137 Å². The Morgan fingerprint density at radius 2 is 1.87 bits per heavy atom. The van der Waals surface area contributed by atoms with E-state index < -0.39 is 0 Å². The van der Waals surface area contributed by atoms with Crippen LogP contribution in [0, 0.1) is 13.8 Å². The number of carbonyl (C=O) groups is 1. The van der Waals surface area contributed by atoms with Crippen LogP contribution in [0.3, 0.4) is 0 Å². The molecule has 4 heteroatoms. The lowest BCUT2D eigenvalue weighted by molar-refractivity contribution is -0.115. The molecule has 0 fully saturated rings. The highest BCUT2D eigenvalue weighted by atomic mass is 16.2. The summed E-state index contributed by atoms with van der Waals surface area (Å²) in [6.45, 7) is 5.04. The van der Waals surface area contributed by atoms with Gasteiger partial charge in [0, 0.05) is 24.0 Å². The molecule has 0 radical (unpaired) electrons. The molecule has 1 heterocycles. The number of hydrogen-bond donors (Lipinski definition) is 2. The standard InChI is InChI=1S/C19H23N3O/c1-13-6-5-7-14(2)19(13)21-18(23)12-22-11-16(20)10-15-8-3-4-9-17(15)22/h3-9,16H,10-12,20H2,1-2H3,(H,21,23). The summed E-state index contributed by atoms with van der Waals surface area (Å²) in [5, 5.41) is 3.05. The minimum absolute atomic E-state index is 0.00805. The van der Waals surface area contributed by atoms with Gasteiger partial charge in [0.15, 0.2) is 0 Å². The summed E-state index contributed by atoms with van der Waals surface area (Å²) >= 11 is 0. The number of nitrogens with two attached hydrogens (primary N) is 1. The summed E-state index contributed by atoms with van der Waals surface area (Å²) in [6, 6.07) is 14.3. The van der Waals surface area contributed by atoms with Crippen LogP contribution in [0.2, 0.25) is 0 Å². The molecule has 2 aromatic rings. The first-order chi connectivity index (χ1) is 11.0.